The fourth-order valence-electron chi connectivity index (χ4n) is 2.21. The van der Waals surface area contributed by atoms with Crippen LogP contribution in [0.1, 0.15) is 25.3 Å². The number of hydrogen-bond acceptors (Lipinski definition) is 2. The summed E-state index contributed by atoms with van der Waals surface area (Å²) in [6, 6.07) is 6.64. The molecule has 1 aliphatic rings. The fraction of sp³-hybridized carbons (Fsp3) is 0.538. The van der Waals surface area contributed by atoms with Gasteiger partial charge in [-0.3, -0.25) is 0 Å². The molecule has 3 heteroatoms. The molecule has 16 heavy (non-hydrogen) atoms. The quantitative estimate of drug-likeness (QED) is 0.853. The van der Waals surface area contributed by atoms with Gasteiger partial charge < -0.3 is 10.5 Å². The van der Waals surface area contributed by atoms with Crippen molar-refractivity contribution in [2.45, 2.75) is 37.8 Å². The minimum absolute atomic E-state index is 0.146. The number of benzene rings is 1. The van der Waals surface area contributed by atoms with Crippen LogP contribution >= 0.6 is 0 Å². The minimum Gasteiger partial charge on any atom is -0.374 e. The third-order valence-corrected chi connectivity index (χ3v) is 3.43. The van der Waals surface area contributed by atoms with Crippen molar-refractivity contribution in [1.29, 1.82) is 0 Å². The zero-order chi connectivity index (χ0) is 11.6. The van der Waals surface area contributed by atoms with Crippen molar-refractivity contribution in [2.24, 2.45) is 5.73 Å². The van der Waals surface area contributed by atoms with Gasteiger partial charge in [-0.05, 0) is 37.8 Å². The Morgan fingerprint density at radius 1 is 1.50 bits per heavy atom. The van der Waals surface area contributed by atoms with Gasteiger partial charge in [-0.25, -0.2) is 4.39 Å². The van der Waals surface area contributed by atoms with Gasteiger partial charge in [0.05, 0.1) is 5.60 Å². The van der Waals surface area contributed by atoms with Crippen molar-refractivity contribution >= 4 is 0 Å². The van der Waals surface area contributed by atoms with Gasteiger partial charge in [-0.1, -0.05) is 18.2 Å². The highest BCUT2D eigenvalue weighted by Gasteiger charge is 2.36. The third-order valence-electron chi connectivity index (χ3n) is 3.43. The van der Waals surface area contributed by atoms with E-state index in [1.807, 2.05) is 13.0 Å². The highest BCUT2D eigenvalue weighted by molar-refractivity contribution is 5.19. The molecular weight excluding hydrogens is 205 g/mol. The summed E-state index contributed by atoms with van der Waals surface area (Å²) in [6.07, 6.45) is 2.53. The summed E-state index contributed by atoms with van der Waals surface area (Å²) in [5.74, 6) is -0.181. The third kappa shape index (κ3) is 2.25. The molecule has 1 saturated heterocycles. The van der Waals surface area contributed by atoms with E-state index >= 15 is 0 Å². The Kier molecular flexibility index (Phi) is 3.26. The number of halogens is 1. The Bertz CT molecular complexity index is 361. The van der Waals surface area contributed by atoms with E-state index in [1.54, 1.807) is 12.1 Å². The van der Waals surface area contributed by atoms with Crippen molar-refractivity contribution in [3.63, 3.8) is 0 Å². The van der Waals surface area contributed by atoms with Gasteiger partial charge in [-0.2, -0.15) is 0 Å². The van der Waals surface area contributed by atoms with E-state index in [2.05, 4.69) is 0 Å². The molecule has 1 aromatic rings. The first-order chi connectivity index (χ1) is 7.62. The standard InChI is InChI=1S/C13H18FNO/c1-13(7-4-8-16-13)12(15)9-10-5-2-3-6-11(10)14/h2-3,5-6,12H,4,7-9,15H2,1H3. The molecule has 1 fully saturated rings. The second-order valence-electron chi connectivity index (χ2n) is 4.67. The van der Waals surface area contributed by atoms with E-state index in [4.69, 9.17) is 10.5 Å². The van der Waals surface area contributed by atoms with Gasteiger partial charge in [0.25, 0.3) is 0 Å². The predicted octanol–water partition coefficient (Wildman–Crippen LogP) is 2.26. The van der Waals surface area contributed by atoms with Gasteiger partial charge in [0.1, 0.15) is 5.82 Å². The second kappa shape index (κ2) is 4.52. The van der Waals surface area contributed by atoms with Crippen LogP contribution in [-0.4, -0.2) is 18.2 Å². The van der Waals surface area contributed by atoms with Crippen LogP contribution in [0.4, 0.5) is 4.39 Å². The Morgan fingerprint density at radius 3 is 2.88 bits per heavy atom. The molecule has 2 N–H and O–H groups in total. The zero-order valence-electron chi connectivity index (χ0n) is 9.58. The van der Waals surface area contributed by atoms with Crippen molar-refractivity contribution < 1.29 is 9.13 Å². The summed E-state index contributed by atoms with van der Waals surface area (Å²) in [4.78, 5) is 0. The summed E-state index contributed by atoms with van der Waals surface area (Å²) in [5.41, 5.74) is 6.51. The molecule has 1 heterocycles. The lowest BCUT2D eigenvalue weighted by Gasteiger charge is -2.30. The first kappa shape index (κ1) is 11.6. The Morgan fingerprint density at radius 2 is 2.25 bits per heavy atom. The largest absolute Gasteiger partial charge is 0.374 e. The monoisotopic (exact) mass is 223 g/mol. The van der Waals surface area contributed by atoms with Crippen LogP contribution in [0.3, 0.4) is 0 Å². The number of nitrogens with two attached hydrogens (primary N) is 1. The number of hydrogen-bond donors (Lipinski definition) is 1. The lowest BCUT2D eigenvalue weighted by atomic mass is 9.89. The molecule has 0 saturated carbocycles. The lowest BCUT2D eigenvalue weighted by Crippen LogP contribution is -2.46. The van der Waals surface area contributed by atoms with E-state index in [0.717, 1.165) is 19.4 Å². The summed E-state index contributed by atoms with van der Waals surface area (Å²) in [5, 5.41) is 0. The summed E-state index contributed by atoms with van der Waals surface area (Å²) < 4.78 is 19.1. The first-order valence-electron chi connectivity index (χ1n) is 5.75. The molecule has 88 valence electrons. The second-order valence-corrected chi connectivity index (χ2v) is 4.67. The molecule has 2 atom stereocenters. The van der Waals surface area contributed by atoms with E-state index < -0.39 is 0 Å². The molecule has 0 amide bonds. The minimum atomic E-state index is -0.289. The van der Waals surface area contributed by atoms with Gasteiger partial charge in [0, 0.05) is 12.6 Å². The topological polar surface area (TPSA) is 35.2 Å². The fourth-order valence-corrected chi connectivity index (χ4v) is 2.21. The van der Waals surface area contributed by atoms with Crippen molar-refractivity contribution in [3.05, 3.63) is 35.6 Å². The smallest absolute Gasteiger partial charge is 0.126 e. The van der Waals surface area contributed by atoms with E-state index in [-0.39, 0.29) is 17.5 Å². The molecule has 0 aliphatic carbocycles. The maximum atomic E-state index is 13.5. The van der Waals surface area contributed by atoms with Crippen molar-refractivity contribution in [1.82, 2.24) is 0 Å². The highest BCUT2D eigenvalue weighted by Crippen LogP contribution is 2.29. The molecule has 0 aromatic heterocycles. The first-order valence-corrected chi connectivity index (χ1v) is 5.75. The maximum Gasteiger partial charge on any atom is 0.126 e. The summed E-state index contributed by atoms with van der Waals surface area (Å²) >= 11 is 0. The summed E-state index contributed by atoms with van der Waals surface area (Å²) in [6.45, 7) is 2.78. The van der Waals surface area contributed by atoms with Crippen LogP contribution in [0.2, 0.25) is 0 Å². The molecule has 2 unspecified atom stereocenters. The van der Waals surface area contributed by atoms with Crippen LogP contribution in [0, 0.1) is 5.82 Å². The Hall–Kier alpha value is -0.930. The van der Waals surface area contributed by atoms with E-state index in [9.17, 15) is 4.39 Å². The van der Waals surface area contributed by atoms with Gasteiger partial charge in [-0.15, -0.1) is 0 Å². The average molecular weight is 223 g/mol. The van der Waals surface area contributed by atoms with E-state index in [0.29, 0.717) is 12.0 Å². The average Bonchev–Trinajstić information content (AvgIpc) is 2.70. The SMILES string of the molecule is CC1(C(N)Cc2ccccc2F)CCCO1. The molecule has 2 rings (SSSR count). The Balaban J connectivity index is 2.07. The normalized spacial score (nSPS) is 26.9. The summed E-state index contributed by atoms with van der Waals surface area (Å²) in [7, 11) is 0. The highest BCUT2D eigenvalue weighted by atomic mass is 19.1. The Labute approximate surface area is 95.6 Å². The lowest BCUT2D eigenvalue weighted by molar-refractivity contribution is -0.00107. The number of ether oxygens (including phenoxy) is 1. The predicted molar refractivity (Wildman–Crippen MR) is 61.7 cm³/mol. The van der Waals surface area contributed by atoms with Crippen LogP contribution in [0.15, 0.2) is 24.3 Å². The van der Waals surface area contributed by atoms with Crippen LogP contribution in [0.25, 0.3) is 0 Å². The van der Waals surface area contributed by atoms with Crippen molar-refractivity contribution in [2.75, 3.05) is 6.61 Å². The molecule has 1 aliphatic heterocycles. The molecule has 0 spiro atoms. The van der Waals surface area contributed by atoms with Crippen molar-refractivity contribution in [3.8, 4) is 0 Å². The van der Waals surface area contributed by atoms with Gasteiger partial charge in [0.15, 0.2) is 0 Å². The maximum absolute atomic E-state index is 13.5. The molecule has 1 aromatic carbocycles. The molecule has 0 bridgehead atoms. The molecule has 2 nitrogen and oxygen atoms in total. The van der Waals surface area contributed by atoms with Gasteiger partial charge >= 0.3 is 0 Å². The van der Waals surface area contributed by atoms with Crippen LogP contribution in [-0.2, 0) is 11.2 Å². The van der Waals surface area contributed by atoms with Gasteiger partial charge in [0.2, 0.25) is 0 Å². The zero-order valence-corrected chi connectivity index (χ0v) is 9.58. The van der Waals surface area contributed by atoms with E-state index in [1.165, 1.54) is 6.07 Å². The molecule has 0 radical (unpaired) electrons. The van der Waals surface area contributed by atoms with Crippen LogP contribution < -0.4 is 5.73 Å². The molecular formula is C13H18FNO. The van der Waals surface area contributed by atoms with Crippen LogP contribution in [0.5, 0.6) is 0 Å². The number of rotatable bonds is 3.